The number of rotatable bonds is 2. The summed E-state index contributed by atoms with van der Waals surface area (Å²) < 4.78 is 13.2. The van der Waals surface area contributed by atoms with Gasteiger partial charge in [0.1, 0.15) is 5.82 Å². The van der Waals surface area contributed by atoms with Crippen molar-refractivity contribution in [2.45, 2.75) is 19.0 Å². The fourth-order valence-electron chi connectivity index (χ4n) is 2.82. The molecule has 2 unspecified atom stereocenters. The van der Waals surface area contributed by atoms with Crippen molar-refractivity contribution in [3.63, 3.8) is 0 Å². The molecule has 0 amide bonds. The van der Waals surface area contributed by atoms with E-state index in [9.17, 15) is 4.39 Å². The molecule has 4 heteroatoms. The molecule has 0 aliphatic carbocycles. The van der Waals surface area contributed by atoms with Gasteiger partial charge in [-0.05, 0) is 30.7 Å². The highest BCUT2D eigenvalue weighted by Crippen LogP contribution is 2.31. The highest BCUT2D eigenvalue weighted by molar-refractivity contribution is 6.33. The fraction of sp³-hybridized carbons (Fsp3) is 0.294. The third-order valence-corrected chi connectivity index (χ3v) is 4.29. The van der Waals surface area contributed by atoms with Crippen molar-refractivity contribution >= 4 is 17.3 Å². The zero-order valence-electron chi connectivity index (χ0n) is 11.9. The van der Waals surface area contributed by atoms with Gasteiger partial charge < -0.3 is 10.2 Å². The van der Waals surface area contributed by atoms with Gasteiger partial charge >= 0.3 is 0 Å². The topological polar surface area (TPSA) is 15.3 Å². The summed E-state index contributed by atoms with van der Waals surface area (Å²) in [5.74, 6) is -0.300. The number of halogens is 2. The maximum Gasteiger partial charge on any atom is 0.124 e. The standard InChI is InChI=1S/C17H18ClFN2/c1-12-10-20-16(13-5-3-2-4-6-13)11-21(12)17-8-7-14(19)9-15(17)18/h2-9,12,16,20H,10-11H2,1H3. The number of anilines is 1. The molecule has 21 heavy (non-hydrogen) atoms. The summed E-state index contributed by atoms with van der Waals surface area (Å²) in [5, 5.41) is 4.03. The minimum Gasteiger partial charge on any atom is -0.364 e. The summed E-state index contributed by atoms with van der Waals surface area (Å²) >= 11 is 6.22. The maximum atomic E-state index is 13.2. The first-order valence-corrected chi connectivity index (χ1v) is 7.53. The van der Waals surface area contributed by atoms with Crippen molar-refractivity contribution in [1.29, 1.82) is 0 Å². The van der Waals surface area contributed by atoms with Gasteiger partial charge in [-0.2, -0.15) is 0 Å². The minimum absolute atomic E-state index is 0.253. The van der Waals surface area contributed by atoms with E-state index in [2.05, 4.69) is 29.3 Å². The molecule has 0 saturated carbocycles. The normalized spacial score (nSPS) is 22.3. The zero-order valence-corrected chi connectivity index (χ0v) is 12.6. The average Bonchev–Trinajstić information content (AvgIpc) is 2.49. The second-order valence-electron chi connectivity index (χ2n) is 5.47. The SMILES string of the molecule is CC1CNC(c2ccccc2)CN1c1ccc(F)cc1Cl. The quantitative estimate of drug-likeness (QED) is 0.901. The number of nitrogens with zero attached hydrogens (tertiary/aromatic N) is 1. The second-order valence-corrected chi connectivity index (χ2v) is 5.88. The molecule has 1 aliphatic rings. The van der Waals surface area contributed by atoms with E-state index >= 15 is 0 Å². The molecule has 0 bridgehead atoms. The average molecular weight is 305 g/mol. The molecule has 1 N–H and O–H groups in total. The Hall–Kier alpha value is -1.58. The van der Waals surface area contributed by atoms with Gasteiger partial charge in [0, 0.05) is 25.2 Å². The van der Waals surface area contributed by atoms with E-state index in [0.29, 0.717) is 11.1 Å². The molecule has 1 fully saturated rings. The van der Waals surface area contributed by atoms with Crippen LogP contribution in [0.15, 0.2) is 48.5 Å². The summed E-state index contributed by atoms with van der Waals surface area (Å²) in [5.41, 5.74) is 2.15. The number of nitrogens with one attached hydrogen (secondary N) is 1. The van der Waals surface area contributed by atoms with Crippen LogP contribution in [0.4, 0.5) is 10.1 Å². The Morgan fingerprint density at radius 2 is 1.95 bits per heavy atom. The van der Waals surface area contributed by atoms with Crippen molar-refractivity contribution in [3.8, 4) is 0 Å². The van der Waals surface area contributed by atoms with E-state index in [1.54, 1.807) is 6.07 Å². The number of benzene rings is 2. The van der Waals surface area contributed by atoms with Crippen LogP contribution in [0.3, 0.4) is 0 Å². The van der Waals surface area contributed by atoms with E-state index in [0.717, 1.165) is 18.8 Å². The highest BCUT2D eigenvalue weighted by Gasteiger charge is 2.27. The van der Waals surface area contributed by atoms with Crippen molar-refractivity contribution < 1.29 is 4.39 Å². The van der Waals surface area contributed by atoms with Gasteiger partial charge in [-0.15, -0.1) is 0 Å². The third-order valence-electron chi connectivity index (χ3n) is 3.99. The van der Waals surface area contributed by atoms with Gasteiger partial charge in [0.2, 0.25) is 0 Å². The first-order valence-electron chi connectivity index (χ1n) is 7.15. The summed E-state index contributed by atoms with van der Waals surface area (Å²) in [6.07, 6.45) is 0. The Bertz CT molecular complexity index is 617. The lowest BCUT2D eigenvalue weighted by Gasteiger charge is -2.41. The molecule has 2 aromatic rings. The van der Waals surface area contributed by atoms with E-state index in [-0.39, 0.29) is 11.9 Å². The van der Waals surface area contributed by atoms with E-state index in [1.165, 1.54) is 17.7 Å². The van der Waals surface area contributed by atoms with Crippen LogP contribution < -0.4 is 10.2 Å². The number of hydrogen-bond acceptors (Lipinski definition) is 2. The summed E-state index contributed by atoms with van der Waals surface area (Å²) in [6, 6.07) is 15.5. The van der Waals surface area contributed by atoms with Gasteiger partial charge in [-0.1, -0.05) is 41.9 Å². The van der Waals surface area contributed by atoms with Crippen LogP contribution in [0.2, 0.25) is 5.02 Å². The second kappa shape index (κ2) is 6.04. The number of hydrogen-bond donors (Lipinski definition) is 1. The van der Waals surface area contributed by atoms with Crippen LogP contribution in [0.1, 0.15) is 18.5 Å². The molecule has 1 heterocycles. The van der Waals surface area contributed by atoms with E-state index in [4.69, 9.17) is 11.6 Å². The van der Waals surface area contributed by atoms with Crippen LogP contribution >= 0.6 is 11.6 Å². The first-order chi connectivity index (χ1) is 10.1. The summed E-state index contributed by atoms with van der Waals surface area (Å²) in [6.45, 7) is 3.83. The first kappa shape index (κ1) is 14.4. The smallest absolute Gasteiger partial charge is 0.124 e. The van der Waals surface area contributed by atoms with Crippen LogP contribution in [0.25, 0.3) is 0 Å². The van der Waals surface area contributed by atoms with Gasteiger partial charge in [0.25, 0.3) is 0 Å². The van der Waals surface area contributed by atoms with Gasteiger partial charge in [0.05, 0.1) is 10.7 Å². The molecule has 2 atom stereocenters. The minimum atomic E-state index is -0.300. The molecule has 0 aromatic heterocycles. The summed E-state index contributed by atoms with van der Waals surface area (Å²) in [4.78, 5) is 2.25. The lowest BCUT2D eigenvalue weighted by atomic mass is 10.0. The van der Waals surface area contributed by atoms with Gasteiger partial charge in [-0.3, -0.25) is 0 Å². The molecular weight excluding hydrogens is 287 g/mol. The Balaban J connectivity index is 1.87. The molecule has 0 spiro atoms. The third kappa shape index (κ3) is 3.04. The summed E-state index contributed by atoms with van der Waals surface area (Å²) in [7, 11) is 0. The van der Waals surface area contributed by atoms with Crippen molar-refractivity contribution in [1.82, 2.24) is 5.32 Å². The highest BCUT2D eigenvalue weighted by atomic mass is 35.5. The molecule has 3 rings (SSSR count). The Morgan fingerprint density at radius 3 is 2.67 bits per heavy atom. The van der Waals surface area contributed by atoms with Crippen LogP contribution in [0, 0.1) is 5.82 Å². The van der Waals surface area contributed by atoms with E-state index in [1.807, 2.05) is 18.2 Å². The molecule has 1 aliphatic heterocycles. The van der Waals surface area contributed by atoms with E-state index < -0.39 is 0 Å². The lowest BCUT2D eigenvalue weighted by Crippen LogP contribution is -2.51. The molecule has 0 radical (unpaired) electrons. The maximum absolute atomic E-state index is 13.2. The van der Waals surface area contributed by atoms with Crippen LogP contribution in [0.5, 0.6) is 0 Å². The Kier molecular flexibility index (Phi) is 4.13. The van der Waals surface area contributed by atoms with Gasteiger partial charge in [0.15, 0.2) is 0 Å². The predicted molar refractivity (Wildman–Crippen MR) is 85.4 cm³/mol. The molecular formula is C17H18ClFN2. The lowest BCUT2D eigenvalue weighted by molar-refractivity contribution is 0.414. The monoisotopic (exact) mass is 304 g/mol. The molecule has 2 aromatic carbocycles. The predicted octanol–water partition coefficient (Wildman–Crippen LogP) is 4.02. The fourth-order valence-corrected chi connectivity index (χ4v) is 3.10. The van der Waals surface area contributed by atoms with Crippen LogP contribution in [-0.2, 0) is 0 Å². The zero-order chi connectivity index (χ0) is 14.8. The van der Waals surface area contributed by atoms with Crippen molar-refractivity contribution in [3.05, 3.63) is 64.9 Å². The Labute approximate surface area is 129 Å². The van der Waals surface area contributed by atoms with Crippen LogP contribution in [-0.4, -0.2) is 19.1 Å². The Morgan fingerprint density at radius 1 is 1.19 bits per heavy atom. The molecule has 1 saturated heterocycles. The number of piperazine rings is 1. The molecule has 2 nitrogen and oxygen atoms in total. The largest absolute Gasteiger partial charge is 0.364 e. The molecule has 110 valence electrons. The van der Waals surface area contributed by atoms with Crippen molar-refractivity contribution in [2.24, 2.45) is 0 Å². The van der Waals surface area contributed by atoms with Crippen molar-refractivity contribution in [2.75, 3.05) is 18.0 Å². The van der Waals surface area contributed by atoms with Gasteiger partial charge in [-0.25, -0.2) is 4.39 Å².